The van der Waals surface area contributed by atoms with Crippen molar-refractivity contribution in [1.29, 1.82) is 0 Å². The minimum atomic E-state index is 0.681. The molecule has 0 aliphatic carbocycles. The van der Waals surface area contributed by atoms with Crippen molar-refractivity contribution >= 4 is 23.3 Å². The summed E-state index contributed by atoms with van der Waals surface area (Å²) < 4.78 is 8.85. The lowest BCUT2D eigenvalue weighted by molar-refractivity contribution is 0.320. The van der Waals surface area contributed by atoms with E-state index in [0.29, 0.717) is 5.92 Å². The lowest BCUT2D eigenvalue weighted by Crippen LogP contribution is -2.17. The van der Waals surface area contributed by atoms with Crippen molar-refractivity contribution in [3.63, 3.8) is 0 Å². The molecule has 21 heavy (non-hydrogen) atoms. The van der Waals surface area contributed by atoms with E-state index in [0.717, 1.165) is 47.7 Å². The van der Waals surface area contributed by atoms with Gasteiger partial charge in [-0.15, -0.1) is 0 Å². The number of ether oxygens (including phenoxy) is 1. The Labute approximate surface area is 130 Å². The predicted octanol–water partition coefficient (Wildman–Crippen LogP) is 3.44. The Hall–Kier alpha value is -1.33. The van der Waals surface area contributed by atoms with Crippen LogP contribution in [0.2, 0.25) is 0 Å². The SMILES string of the molecule is CCCOc1cccc2c1[nH]c(=S)n2CC1CCN(C)C1. The van der Waals surface area contributed by atoms with Gasteiger partial charge in [0.1, 0.15) is 11.3 Å². The van der Waals surface area contributed by atoms with Gasteiger partial charge in [0.25, 0.3) is 0 Å². The van der Waals surface area contributed by atoms with Crippen LogP contribution in [-0.4, -0.2) is 41.2 Å². The van der Waals surface area contributed by atoms with Crippen LogP contribution < -0.4 is 4.74 Å². The van der Waals surface area contributed by atoms with Gasteiger partial charge in [0, 0.05) is 13.1 Å². The molecule has 3 rings (SSSR count). The smallest absolute Gasteiger partial charge is 0.178 e. The standard InChI is InChI=1S/C16H23N3OS/c1-3-9-20-14-6-4-5-13-15(14)17-16(21)19(13)11-12-7-8-18(2)10-12/h4-6,12H,3,7-11H2,1-2H3,(H,17,21). The summed E-state index contributed by atoms with van der Waals surface area (Å²) in [4.78, 5) is 5.72. The number of likely N-dealkylation sites (tertiary alicyclic amines) is 1. The van der Waals surface area contributed by atoms with E-state index in [1.165, 1.54) is 13.0 Å². The Bertz CT molecular complexity index is 676. The number of nitrogens with zero attached hydrogens (tertiary/aromatic N) is 2. The Kier molecular flexibility index (Phi) is 4.31. The number of hydrogen-bond acceptors (Lipinski definition) is 3. The highest BCUT2D eigenvalue weighted by atomic mass is 32.1. The molecule has 114 valence electrons. The van der Waals surface area contributed by atoms with Gasteiger partial charge in [0.15, 0.2) is 4.77 Å². The molecule has 2 aromatic rings. The molecule has 0 saturated carbocycles. The molecule has 5 heteroatoms. The summed E-state index contributed by atoms with van der Waals surface area (Å²) in [6, 6.07) is 6.18. The fraction of sp³-hybridized carbons (Fsp3) is 0.562. The lowest BCUT2D eigenvalue weighted by atomic mass is 10.1. The van der Waals surface area contributed by atoms with Crippen molar-refractivity contribution < 1.29 is 4.74 Å². The molecule has 1 fully saturated rings. The van der Waals surface area contributed by atoms with Gasteiger partial charge < -0.3 is 19.2 Å². The average molecular weight is 305 g/mol. The summed E-state index contributed by atoms with van der Waals surface area (Å²) >= 11 is 5.53. The molecule has 1 aliphatic rings. The number of benzene rings is 1. The van der Waals surface area contributed by atoms with Crippen molar-refractivity contribution in [2.45, 2.75) is 26.3 Å². The Morgan fingerprint density at radius 2 is 2.29 bits per heavy atom. The second-order valence-corrected chi connectivity index (χ2v) is 6.34. The minimum Gasteiger partial charge on any atom is -0.491 e. The van der Waals surface area contributed by atoms with E-state index < -0.39 is 0 Å². The van der Waals surface area contributed by atoms with Gasteiger partial charge in [-0.2, -0.15) is 0 Å². The summed E-state index contributed by atoms with van der Waals surface area (Å²) in [5, 5.41) is 0. The van der Waals surface area contributed by atoms with Crippen LogP contribution in [-0.2, 0) is 6.54 Å². The third-order valence-corrected chi connectivity index (χ3v) is 4.49. The molecular formula is C16H23N3OS. The van der Waals surface area contributed by atoms with Crippen molar-refractivity contribution in [2.24, 2.45) is 5.92 Å². The topological polar surface area (TPSA) is 33.2 Å². The zero-order chi connectivity index (χ0) is 14.8. The number of rotatable bonds is 5. The number of H-pyrrole nitrogens is 1. The van der Waals surface area contributed by atoms with E-state index in [2.05, 4.69) is 34.5 Å². The fourth-order valence-electron chi connectivity index (χ4n) is 3.10. The first-order valence-corrected chi connectivity index (χ1v) is 8.12. The summed E-state index contributed by atoms with van der Waals surface area (Å²) in [6.07, 6.45) is 2.25. The Balaban J connectivity index is 1.92. The van der Waals surface area contributed by atoms with Crippen LogP contribution in [0.15, 0.2) is 18.2 Å². The van der Waals surface area contributed by atoms with Crippen LogP contribution >= 0.6 is 12.2 Å². The van der Waals surface area contributed by atoms with Crippen LogP contribution in [0, 0.1) is 10.7 Å². The van der Waals surface area contributed by atoms with Gasteiger partial charge in [-0.1, -0.05) is 13.0 Å². The van der Waals surface area contributed by atoms with E-state index in [1.807, 2.05) is 12.1 Å². The molecule has 1 unspecified atom stereocenters. The molecule has 1 aliphatic heterocycles. The zero-order valence-corrected chi connectivity index (χ0v) is 13.6. The predicted molar refractivity (Wildman–Crippen MR) is 88.5 cm³/mol. The maximum atomic E-state index is 5.82. The number of hydrogen-bond donors (Lipinski definition) is 1. The minimum absolute atomic E-state index is 0.681. The van der Waals surface area contributed by atoms with Crippen LogP contribution in [0.1, 0.15) is 19.8 Å². The summed E-state index contributed by atoms with van der Waals surface area (Å²) in [5.41, 5.74) is 2.19. The van der Waals surface area contributed by atoms with Crippen molar-refractivity contribution in [1.82, 2.24) is 14.5 Å². The third-order valence-electron chi connectivity index (χ3n) is 4.16. The number of para-hydroxylation sites is 1. The van der Waals surface area contributed by atoms with Crippen molar-refractivity contribution in [3.05, 3.63) is 23.0 Å². The summed E-state index contributed by atoms with van der Waals surface area (Å²) in [5.74, 6) is 1.59. The summed E-state index contributed by atoms with van der Waals surface area (Å²) in [6.45, 7) is 6.18. The maximum absolute atomic E-state index is 5.82. The van der Waals surface area contributed by atoms with Gasteiger partial charge >= 0.3 is 0 Å². The monoisotopic (exact) mass is 305 g/mol. The van der Waals surface area contributed by atoms with Crippen LogP contribution in [0.25, 0.3) is 11.0 Å². The quantitative estimate of drug-likeness (QED) is 0.859. The van der Waals surface area contributed by atoms with Gasteiger partial charge in [0.05, 0.1) is 12.1 Å². The fourth-order valence-corrected chi connectivity index (χ4v) is 3.38. The van der Waals surface area contributed by atoms with E-state index >= 15 is 0 Å². The molecule has 0 amide bonds. The first-order chi connectivity index (χ1) is 10.2. The lowest BCUT2D eigenvalue weighted by Gasteiger charge is -2.12. The van der Waals surface area contributed by atoms with Gasteiger partial charge in [0.2, 0.25) is 0 Å². The number of fused-ring (bicyclic) bond motifs is 1. The zero-order valence-electron chi connectivity index (χ0n) is 12.8. The number of nitrogens with one attached hydrogen (secondary N) is 1. The second-order valence-electron chi connectivity index (χ2n) is 5.96. The number of aromatic nitrogens is 2. The van der Waals surface area contributed by atoms with E-state index in [9.17, 15) is 0 Å². The molecular weight excluding hydrogens is 282 g/mol. The molecule has 0 bridgehead atoms. The molecule has 0 radical (unpaired) electrons. The second kappa shape index (κ2) is 6.20. The molecule has 1 N–H and O–H groups in total. The molecule has 1 atom stereocenters. The molecule has 1 aromatic heterocycles. The molecule has 2 heterocycles. The first-order valence-electron chi connectivity index (χ1n) is 7.72. The molecule has 4 nitrogen and oxygen atoms in total. The molecule has 1 aromatic carbocycles. The molecule has 0 spiro atoms. The Morgan fingerprint density at radius 1 is 1.43 bits per heavy atom. The van der Waals surface area contributed by atoms with E-state index in [-0.39, 0.29) is 0 Å². The number of aromatic amines is 1. The highest BCUT2D eigenvalue weighted by molar-refractivity contribution is 7.71. The van der Waals surface area contributed by atoms with Crippen LogP contribution in [0.5, 0.6) is 5.75 Å². The maximum Gasteiger partial charge on any atom is 0.178 e. The van der Waals surface area contributed by atoms with Crippen LogP contribution in [0.3, 0.4) is 0 Å². The van der Waals surface area contributed by atoms with E-state index in [1.54, 1.807) is 0 Å². The third kappa shape index (κ3) is 2.99. The number of imidazole rings is 1. The summed E-state index contributed by atoms with van der Waals surface area (Å²) in [7, 11) is 2.19. The van der Waals surface area contributed by atoms with E-state index in [4.69, 9.17) is 17.0 Å². The normalized spacial score (nSPS) is 19.4. The largest absolute Gasteiger partial charge is 0.491 e. The average Bonchev–Trinajstić information content (AvgIpc) is 3.02. The van der Waals surface area contributed by atoms with Crippen molar-refractivity contribution in [3.8, 4) is 5.75 Å². The van der Waals surface area contributed by atoms with Crippen molar-refractivity contribution in [2.75, 3.05) is 26.7 Å². The van der Waals surface area contributed by atoms with Crippen LogP contribution in [0.4, 0.5) is 0 Å². The highest BCUT2D eigenvalue weighted by Gasteiger charge is 2.21. The van der Waals surface area contributed by atoms with Gasteiger partial charge in [-0.25, -0.2) is 0 Å². The Morgan fingerprint density at radius 3 is 3.00 bits per heavy atom. The highest BCUT2D eigenvalue weighted by Crippen LogP contribution is 2.27. The van der Waals surface area contributed by atoms with Gasteiger partial charge in [-0.3, -0.25) is 0 Å². The molecule has 1 saturated heterocycles. The van der Waals surface area contributed by atoms with Gasteiger partial charge in [-0.05, 0) is 56.7 Å². The first kappa shape index (κ1) is 14.6.